The normalized spacial score (nSPS) is 13.2. The standard InChI is InChI=1S/C9H9BrF2OS/c10-5-8(13)6-1-3-7(4-2-6)14-9(11)12/h1-4,8-9,13H,5H2. The second-order valence-electron chi connectivity index (χ2n) is 2.62. The highest BCUT2D eigenvalue weighted by molar-refractivity contribution is 9.09. The molecule has 0 bridgehead atoms. The number of hydrogen-bond donors (Lipinski definition) is 1. The van der Waals surface area contributed by atoms with E-state index < -0.39 is 11.9 Å². The van der Waals surface area contributed by atoms with Gasteiger partial charge in [-0.3, -0.25) is 0 Å². The van der Waals surface area contributed by atoms with Crippen molar-refractivity contribution in [2.45, 2.75) is 16.8 Å². The Bertz CT molecular complexity index is 279. The molecule has 0 saturated heterocycles. The van der Waals surface area contributed by atoms with Crippen molar-refractivity contribution in [2.75, 3.05) is 5.33 Å². The molecule has 1 aromatic rings. The van der Waals surface area contributed by atoms with Gasteiger partial charge in [-0.2, -0.15) is 8.78 Å². The van der Waals surface area contributed by atoms with Gasteiger partial charge in [-0.15, -0.1) is 0 Å². The molecule has 0 fully saturated rings. The smallest absolute Gasteiger partial charge is 0.288 e. The summed E-state index contributed by atoms with van der Waals surface area (Å²) in [7, 11) is 0. The van der Waals surface area contributed by atoms with Crippen molar-refractivity contribution in [2.24, 2.45) is 0 Å². The largest absolute Gasteiger partial charge is 0.388 e. The van der Waals surface area contributed by atoms with Gasteiger partial charge in [-0.1, -0.05) is 39.8 Å². The van der Waals surface area contributed by atoms with Crippen molar-refractivity contribution in [3.63, 3.8) is 0 Å². The quantitative estimate of drug-likeness (QED) is 0.675. The van der Waals surface area contributed by atoms with Crippen LogP contribution in [0.25, 0.3) is 0 Å². The Morgan fingerprint density at radius 2 is 1.86 bits per heavy atom. The molecule has 0 radical (unpaired) electrons. The molecule has 0 amide bonds. The first kappa shape index (κ1) is 11.9. The highest BCUT2D eigenvalue weighted by atomic mass is 79.9. The molecule has 1 nitrogen and oxygen atoms in total. The second kappa shape index (κ2) is 5.68. The van der Waals surface area contributed by atoms with E-state index >= 15 is 0 Å². The number of aliphatic hydroxyl groups is 1. The Morgan fingerprint density at radius 3 is 2.29 bits per heavy atom. The van der Waals surface area contributed by atoms with Crippen molar-refractivity contribution < 1.29 is 13.9 Å². The molecule has 0 aliphatic heterocycles. The Kier molecular flexibility index (Phi) is 4.84. The molecule has 0 spiro atoms. The first-order valence-electron chi connectivity index (χ1n) is 3.92. The number of halogens is 3. The number of thioether (sulfide) groups is 1. The van der Waals surface area contributed by atoms with E-state index in [1.54, 1.807) is 24.3 Å². The van der Waals surface area contributed by atoms with E-state index in [4.69, 9.17) is 0 Å². The Hall–Kier alpha value is -0.130. The van der Waals surface area contributed by atoms with Gasteiger partial charge in [0.1, 0.15) is 0 Å². The Labute approximate surface area is 93.6 Å². The lowest BCUT2D eigenvalue weighted by Gasteiger charge is -2.07. The summed E-state index contributed by atoms with van der Waals surface area (Å²) in [5.74, 6) is -2.40. The molecule has 0 aliphatic carbocycles. The minimum atomic E-state index is -2.40. The highest BCUT2D eigenvalue weighted by Crippen LogP contribution is 2.26. The topological polar surface area (TPSA) is 20.2 Å². The molecule has 1 aromatic carbocycles. The number of rotatable bonds is 4. The number of alkyl halides is 3. The van der Waals surface area contributed by atoms with Gasteiger partial charge in [0.05, 0.1) is 6.10 Å². The average Bonchev–Trinajstić information content (AvgIpc) is 2.17. The summed E-state index contributed by atoms with van der Waals surface area (Å²) in [6, 6.07) is 6.46. The summed E-state index contributed by atoms with van der Waals surface area (Å²) in [5, 5.41) is 9.84. The van der Waals surface area contributed by atoms with Gasteiger partial charge in [0.15, 0.2) is 0 Å². The first-order valence-corrected chi connectivity index (χ1v) is 5.92. The minimum absolute atomic E-state index is 0.439. The summed E-state index contributed by atoms with van der Waals surface area (Å²) in [5.41, 5.74) is 0.723. The van der Waals surface area contributed by atoms with E-state index in [9.17, 15) is 13.9 Å². The average molecular weight is 283 g/mol. The maximum absolute atomic E-state index is 12.0. The number of hydrogen-bond acceptors (Lipinski definition) is 2. The van der Waals surface area contributed by atoms with Crippen LogP contribution in [0.3, 0.4) is 0 Å². The van der Waals surface area contributed by atoms with E-state index in [1.807, 2.05) is 0 Å². The highest BCUT2D eigenvalue weighted by Gasteiger charge is 2.07. The summed E-state index contributed by atoms with van der Waals surface area (Å²) in [6.45, 7) is 0. The maximum Gasteiger partial charge on any atom is 0.288 e. The van der Waals surface area contributed by atoms with Crippen LogP contribution in [0.15, 0.2) is 29.2 Å². The zero-order chi connectivity index (χ0) is 10.6. The van der Waals surface area contributed by atoms with Crippen LogP contribution in [0.1, 0.15) is 11.7 Å². The third kappa shape index (κ3) is 3.55. The zero-order valence-corrected chi connectivity index (χ0v) is 9.56. The van der Waals surface area contributed by atoms with Crippen molar-refractivity contribution in [3.8, 4) is 0 Å². The van der Waals surface area contributed by atoms with Crippen LogP contribution in [0.2, 0.25) is 0 Å². The van der Waals surface area contributed by atoms with Crippen LogP contribution in [-0.4, -0.2) is 16.2 Å². The van der Waals surface area contributed by atoms with Crippen LogP contribution in [0.5, 0.6) is 0 Å². The van der Waals surface area contributed by atoms with Crippen molar-refractivity contribution in [3.05, 3.63) is 29.8 Å². The monoisotopic (exact) mass is 282 g/mol. The lowest BCUT2D eigenvalue weighted by atomic mass is 10.1. The molecule has 1 unspecified atom stereocenters. The van der Waals surface area contributed by atoms with Crippen molar-refractivity contribution in [1.82, 2.24) is 0 Å². The molecule has 14 heavy (non-hydrogen) atoms. The molecule has 5 heteroatoms. The van der Waals surface area contributed by atoms with Gasteiger partial charge in [-0.25, -0.2) is 0 Å². The molecule has 0 saturated carbocycles. The minimum Gasteiger partial charge on any atom is -0.388 e. The summed E-state index contributed by atoms with van der Waals surface area (Å²) in [4.78, 5) is 0.505. The van der Waals surface area contributed by atoms with Crippen LogP contribution in [-0.2, 0) is 0 Å². The zero-order valence-electron chi connectivity index (χ0n) is 7.16. The van der Waals surface area contributed by atoms with Crippen molar-refractivity contribution in [1.29, 1.82) is 0 Å². The molecular formula is C9H9BrF2OS. The lowest BCUT2D eigenvalue weighted by Crippen LogP contribution is -1.97. The number of aliphatic hydroxyl groups excluding tert-OH is 1. The van der Waals surface area contributed by atoms with Crippen molar-refractivity contribution >= 4 is 27.7 Å². The molecule has 0 heterocycles. The third-order valence-corrected chi connectivity index (χ3v) is 2.97. The Balaban J connectivity index is 2.68. The van der Waals surface area contributed by atoms with E-state index in [-0.39, 0.29) is 0 Å². The summed E-state index contributed by atoms with van der Waals surface area (Å²) in [6.07, 6.45) is -0.583. The molecule has 1 rings (SSSR count). The van der Waals surface area contributed by atoms with Gasteiger partial charge >= 0.3 is 0 Å². The number of benzene rings is 1. The van der Waals surface area contributed by atoms with E-state index in [1.165, 1.54) is 0 Å². The summed E-state index contributed by atoms with van der Waals surface area (Å²) >= 11 is 3.63. The van der Waals surface area contributed by atoms with Crippen LogP contribution in [0, 0.1) is 0 Å². The van der Waals surface area contributed by atoms with Gasteiger partial charge in [0, 0.05) is 10.2 Å². The van der Waals surface area contributed by atoms with E-state index in [0.29, 0.717) is 22.0 Å². The van der Waals surface area contributed by atoms with Gasteiger partial charge in [-0.05, 0) is 17.7 Å². The SMILES string of the molecule is OC(CBr)c1ccc(SC(F)F)cc1. The van der Waals surface area contributed by atoms with E-state index in [0.717, 1.165) is 5.56 Å². The fraction of sp³-hybridized carbons (Fsp3) is 0.333. The van der Waals surface area contributed by atoms with Crippen LogP contribution < -0.4 is 0 Å². The molecule has 0 aromatic heterocycles. The fourth-order valence-electron chi connectivity index (χ4n) is 0.961. The molecule has 1 N–H and O–H groups in total. The molecular weight excluding hydrogens is 274 g/mol. The van der Waals surface area contributed by atoms with Gasteiger partial charge < -0.3 is 5.11 Å². The van der Waals surface area contributed by atoms with Gasteiger partial charge in [0.25, 0.3) is 5.76 Å². The predicted molar refractivity (Wildman–Crippen MR) is 57.1 cm³/mol. The first-order chi connectivity index (χ1) is 6.63. The van der Waals surface area contributed by atoms with E-state index in [2.05, 4.69) is 15.9 Å². The van der Waals surface area contributed by atoms with Crippen LogP contribution in [0.4, 0.5) is 8.78 Å². The molecule has 0 aliphatic rings. The molecule has 1 atom stereocenters. The lowest BCUT2D eigenvalue weighted by molar-refractivity contribution is 0.205. The van der Waals surface area contributed by atoms with Crippen LogP contribution >= 0.6 is 27.7 Å². The van der Waals surface area contributed by atoms with Gasteiger partial charge in [0.2, 0.25) is 0 Å². The molecule has 78 valence electrons. The third-order valence-electron chi connectivity index (χ3n) is 1.64. The fourth-order valence-corrected chi connectivity index (χ4v) is 1.83. The summed E-state index contributed by atoms with van der Waals surface area (Å²) < 4.78 is 23.9. The predicted octanol–water partition coefficient (Wildman–Crippen LogP) is 3.43. The second-order valence-corrected chi connectivity index (χ2v) is 4.33. The maximum atomic E-state index is 12.0. The Morgan fingerprint density at radius 1 is 1.29 bits per heavy atom.